The van der Waals surface area contributed by atoms with Crippen molar-refractivity contribution < 1.29 is 0 Å². The number of fused-ring (bicyclic) bond motifs is 1. The first kappa shape index (κ1) is 6.88. The van der Waals surface area contributed by atoms with Crippen LogP contribution in [0.25, 0.3) is 0 Å². The maximum Gasteiger partial charge on any atom is 0.0915 e. The average Bonchev–Trinajstić information content (AvgIpc) is 2.04. The van der Waals surface area contributed by atoms with Crippen LogP contribution in [0.1, 0.15) is 0 Å². The molecule has 3 heteroatoms. The van der Waals surface area contributed by atoms with Gasteiger partial charge in [-0.15, -0.1) is 0 Å². The number of nitrogens with zero attached hydrogens (tertiary/aromatic N) is 1. The summed E-state index contributed by atoms with van der Waals surface area (Å²) in [4.78, 5) is 5.37. The predicted octanol–water partition coefficient (Wildman–Crippen LogP) is 1.78. The monoisotopic (exact) mass is 164 g/mol. The molecule has 1 aromatic rings. The van der Waals surface area contributed by atoms with Crippen LogP contribution < -0.4 is 5.73 Å². The van der Waals surface area contributed by atoms with Gasteiger partial charge >= 0.3 is 0 Å². The Hall–Kier alpha value is -0.800. The molecule has 2 rings (SSSR count). The van der Waals surface area contributed by atoms with Gasteiger partial charge in [-0.25, -0.2) is 0 Å². The van der Waals surface area contributed by atoms with Crippen molar-refractivity contribution in [2.24, 2.45) is 10.7 Å². The van der Waals surface area contributed by atoms with E-state index < -0.39 is 0 Å². The number of nitrogens with two attached hydrogens (primary N) is 1. The number of aliphatic imine (C=N–C) groups is 1. The Morgan fingerprint density at radius 3 is 3.09 bits per heavy atom. The topological polar surface area (TPSA) is 38.4 Å². The molecular formula is C8H8N2S. The highest BCUT2D eigenvalue weighted by molar-refractivity contribution is 8.00. The quantitative estimate of drug-likeness (QED) is 0.634. The summed E-state index contributed by atoms with van der Waals surface area (Å²) in [5.74, 6) is 0. The van der Waals surface area contributed by atoms with Gasteiger partial charge in [0.15, 0.2) is 0 Å². The zero-order chi connectivity index (χ0) is 7.68. The van der Waals surface area contributed by atoms with Crippen molar-refractivity contribution in [3.05, 3.63) is 24.3 Å². The molecule has 1 atom stereocenters. The van der Waals surface area contributed by atoms with Crippen LogP contribution in [0.15, 0.2) is 34.2 Å². The molecular weight excluding hydrogens is 156 g/mol. The fraction of sp³-hybridized carbons (Fsp3) is 0.125. The van der Waals surface area contributed by atoms with E-state index in [1.165, 1.54) is 4.90 Å². The minimum atomic E-state index is 0.0184. The van der Waals surface area contributed by atoms with Crippen molar-refractivity contribution in [2.75, 3.05) is 0 Å². The number of thioether (sulfide) groups is 1. The largest absolute Gasteiger partial charge is 0.315 e. The number of para-hydroxylation sites is 1. The van der Waals surface area contributed by atoms with Crippen LogP contribution in [-0.2, 0) is 0 Å². The SMILES string of the molecule is NC1C=Nc2ccccc2S1. The fourth-order valence-electron chi connectivity index (χ4n) is 0.994. The molecule has 0 spiro atoms. The van der Waals surface area contributed by atoms with E-state index in [9.17, 15) is 0 Å². The van der Waals surface area contributed by atoms with Gasteiger partial charge in [0.25, 0.3) is 0 Å². The van der Waals surface area contributed by atoms with Gasteiger partial charge in [0, 0.05) is 11.1 Å². The third kappa shape index (κ3) is 1.29. The molecule has 56 valence electrons. The molecule has 1 aromatic carbocycles. The first-order chi connectivity index (χ1) is 5.36. The van der Waals surface area contributed by atoms with E-state index in [0.717, 1.165) is 5.69 Å². The zero-order valence-electron chi connectivity index (χ0n) is 5.90. The highest BCUT2D eigenvalue weighted by atomic mass is 32.2. The number of benzene rings is 1. The van der Waals surface area contributed by atoms with Crippen molar-refractivity contribution in [1.82, 2.24) is 0 Å². The second kappa shape index (κ2) is 2.68. The lowest BCUT2D eigenvalue weighted by Crippen LogP contribution is -2.18. The highest BCUT2D eigenvalue weighted by Gasteiger charge is 2.09. The van der Waals surface area contributed by atoms with Crippen LogP contribution >= 0.6 is 11.8 Å². The Morgan fingerprint density at radius 1 is 1.36 bits per heavy atom. The standard InChI is InChI=1S/C8H8N2S/c9-8-5-10-6-3-1-2-4-7(6)11-8/h1-5,8H,9H2. The molecule has 0 saturated heterocycles. The van der Waals surface area contributed by atoms with Crippen molar-refractivity contribution in [1.29, 1.82) is 0 Å². The normalized spacial score (nSPS) is 21.4. The predicted molar refractivity (Wildman–Crippen MR) is 48.4 cm³/mol. The van der Waals surface area contributed by atoms with Gasteiger partial charge in [-0.1, -0.05) is 23.9 Å². The van der Waals surface area contributed by atoms with Crippen LogP contribution in [-0.4, -0.2) is 11.6 Å². The molecule has 0 aliphatic carbocycles. The summed E-state index contributed by atoms with van der Waals surface area (Å²) in [6, 6.07) is 8.01. The maximum absolute atomic E-state index is 5.66. The first-order valence-corrected chi connectivity index (χ1v) is 4.30. The van der Waals surface area contributed by atoms with Crippen molar-refractivity contribution in [3.8, 4) is 0 Å². The number of hydrogen-bond donors (Lipinski definition) is 1. The van der Waals surface area contributed by atoms with Gasteiger partial charge in [-0.2, -0.15) is 0 Å². The van der Waals surface area contributed by atoms with Crippen LogP contribution in [0.3, 0.4) is 0 Å². The van der Waals surface area contributed by atoms with Gasteiger partial charge in [-0.3, -0.25) is 4.99 Å². The summed E-state index contributed by atoms with van der Waals surface area (Å²) in [5, 5.41) is 0.0184. The second-order valence-electron chi connectivity index (χ2n) is 2.33. The third-order valence-corrected chi connectivity index (χ3v) is 2.48. The summed E-state index contributed by atoms with van der Waals surface area (Å²) in [6.07, 6.45) is 1.77. The van der Waals surface area contributed by atoms with Crippen LogP contribution in [0.5, 0.6) is 0 Å². The Morgan fingerprint density at radius 2 is 2.18 bits per heavy atom. The van der Waals surface area contributed by atoms with Gasteiger partial charge in [0.05, 0.1) is 11.1 Å². The molecule has 1 heterocycles. The van der Waals surface area contributed by atoms with E-state index in [-0.39, 0.29) is 5.37 Å². The van der Waals surface area contributed by atoms with Crippen LogP contribution in [0.2, 0.25) is 0 Å². The van der Waals surface area contributed by atoms with Gasteiger partial charge in [0.1, 0.15) is 0 Å². The Balaban J connectivity index is 2.46. The van der Waals surface area contributed by atoms with Gasteiger partial charge in [0.2, 0.25) is 0 Å². The molecule has 0 amide bonds. The molecule has 2 N–H and O–H groups in total. The minimum absolute atomic E-state index is 0.0184. The van der Waals surface area contributed by atoms with Crippen LogP contribution in [0, 0.1) is 0 Å². The second-order valence-corrected chi connectivity index (χ2v) is 3.55. The highest BCUT2D eigenvalue weighted by Crippen LogP contribution is 2.33. The Labute approximate surface area is 69.5 Å². The van der Waals surface area contributed by atoms with Crippen LogP contribution in [0.4, 0.5) is 5.69 Å². The zero-order valence-corrected chi connectivity index (χ0v) is 6.71. The molecule has 1 aliphatic rings. The minimum Gasteiger partial charge on any atom is -0.315 e. The lowest BCUT2D eigenvalue weighted by Gasteiger charge is -2.12. The molecule has 2 nitrogen and oxygen atoms in total. The fourth-order valence-corrected chi connectivity index (χ4v) is 1.81. The Bertz CT molecular complexity index is 296. The van der Waals surface area contributed by atoms with E-state index in [1.807, 2.05) is 24.3 Å². The molecule has 0 fully saturated rings. The summed E-state index contributed by atoms with van der Waals surface area (Å²) in [7, 11) is 0. The lowest BCUT2D eigenvalue weighted by molar-refractivity contribution is 1.20. The van der Waals surface area contributed by atoms with Crippen molar-refractivity contribution in [3.63, 3.8) is 0 Å². The molecule has 0 aromatic heterocycles. The summed E-state index contributed by atoms with van der Waals surface area (Å²) in [5.41, 5.74) is 6.69. The maximum atomic E-state index is 5.66. The Kier molecular flexibility index (Phi) is 1.68. The first-order valence-electron chi connectivity index (χ1n) is 3.42. The molecule has 1 unspecified atom stereocenters. The molecule has 11 heavy (non-hydrogen) atoms. The number of hydrogen-bond acceptors (Lipinski definition) is 3. The van der Waals surface area contributed by atoms with E-state index in [0.29, 0.717) is 0 Å². The summed E-state index contributed by atoms with van der Waals surface area (Å²) >= 11 is 1.64. The summed E-state index contributed by atoms with van der Waals surface area (Å²) < 4.78 is 0. The molecule has 1 aliphatic heterocycles. The summed E-state index contributed by atoms with van der Waals surface area (Å²) in [6.45, 7) is 0. The van der Waals surface area contributed by atoms with E-state index in [1.54, 1.807) is 18.0 Å². The van der Waals surface area contributed by atoms with Gasteiger partial charge in [-0.05, 0) is 12.1 Å². The average molecular weight is 164 g/mol. The molecule has 0 bridgehead atoms. The van der Waals surface area contributed by atoms with E-state index in [2.05, 4.69) is 4.99 Å². The van der Waals surface area contributed by atoms with Crippen molar-refractivity contribution >= 4 is 23.7 Å². The molecule has 0 saturated carbocycles. The van der Waals surface area contributed by atoms with Crippen molar-refractivity contribution in [2.45, 2.75) is 10.3 Å². The number of rotatable bonds is 0. The smallest absolute Gasteiger partial charge is 0.0915 e. The lowest BCUT2D eigenvalue weighted by atomic mass is 10.3. The van der Waals surface area contributed by atoms with Gasteiger partial charge < -0.3 is 5.73 Å². The molecule has 0 radical (unpaired) electrons. The van der Waals surface area contributed by atoms with E-state index >= 15 is 0 Å². The third-order valence-electron chi connectivity index (χ3n) is 1.49. The van der Waals surface area contributed by atoms with E-state index in [4.69, 9.17) is 5.73 Å².